The molecule has 2 N–H and O–H groups in total. The summed E-state index contributed by atoms with van der Waals surface area (Å²) in [6.45, 7) is 4.33. The Morgan fingerprint density at radius 1 is 0.968 bits per heavy atom. The van der Waals surface area contributed by atoms with E-state index in [1.165, 1.54) is 17.8 Å². The van der Waals surface area contributed by atoms with Gasteiger partial charge in [-0.05, 0) is 24.3 Å². The first kappa shape index (κ1) is 20.6. The van der Waals surface area contributed by atoms with Gasteiger partial charge in [0.1, 0.15) is 5.52 Å². The first-order valence-corrected chi connectivity index (χ1v) is 10.3. The van der Waals surface area contributed by atoms with Crippen molar-refractivity contribution in [2.45, 2.75) is 6.42 Å². The molecule has 1 saturated heterocycles. The van der Waals surface area contributed by atoms with Crippen LogP contribution in [0.25, 0.3) is 17.2 Å². The van der Waals surface area contributed by atoms with E-state index in [4.69, 9.17) is 4.42 Å². The molecule has 1 aromatic heterocycles. The lowest BCUT2D eigenvalue weighted by Crippen LogP contribution is -2.48. The maximum absolute atomic E-state index is 12.0. The SMILES string of the molecule is O=C(/C=C/c1nc2ccccc2o1)NNC(=O)CCN1CCN(c2ccccc2)CC1. The Labute approximate surface area is 180 Å². The van der Waals surface area contributed by atoms with Gasteiger partial charge >= 0.3 is 0 Å². The van der Waals surface area contributed by atoms with Gasteiger partial charge in [-0.2, -0.15) is 0 Å². The quantitative estimate of drug-likeness (QED) is 0.470. The number of benzene rings is 2. The van der Waals surface area contributed by atoms with E-state index in [0.29, 0.717) is 24.4 Å². The van der Waals surface area contributed by atoms with E-state index >= 15 is 0 Å². The number of hydrogen-bond acceptors (Lipinski definition) is 6. The average molecular weight is 419 g/mol. The van der Waals surface area contributed by atoms with Crippen LogP contribution in [0.2, 0.25) is 0 Å². The molecule has 31 heavy (non-hydrogen) atoms. The van der Waals surface area contributed by atoms with Crippen LogP contribution in [0.15, 0.2) is 65.1 Å². The fourth-order valence-corrected chi connectivity index (χ4v) is 3.47. The number of oxazole rings is 1. The van der Waals surface area contributed by atoms with E-state index in [9.17, 15) is 9.59 Å². The molecule has 8 heteroatoms. The monoisotopic (exact) mass is 419 g/mol. The molecule has 0 spiro atoms. The first-order chi connectivity index (χ1) is 15.2. The minimum atomic E-state index is -0.452. The Balaban J connectivity index is 1.14. The fourth-order valence-electron chi connectivity index (χ4n) is 3.47. The molecule has 1 fully saturated rings. The van der Waals surface area contributed by atoms with Gasteiger partial charge in [0.25, 0.3) is 5.91 Å². The number of amides is 2. The highest BCUT2D eigenvalue weighted by molar-refractivity contribution is 5.92. The third-order valence-electron chi connectivity index (χ3n) is 5.16. The number of carbonyl (C=O) groups is 2. The molecule has 2 aromatic carbocycles. The molecule has 160 valence electrons. The van der Waals surface area contributed by atoms with Crippen LogP contribution in [0.1, 0.15) is 12.3 Å². The van der Waals surface area contributed by atoms with Crippen molar-refractivity contribution in [2.75, 3.05) is 37.6 Å². The number of hydrazine groups is 1. The van der Waals surface area contributed by atoms with E-state index in [-0.39, 0.29) is 5.91 Å². The van der Waals surface area contributed by atoms with E-state index < -0.39 is 5.91 Å². The summed E-state index contributed by atoms with van der Waals surface area (Å²) in [5, 5.41) is 0. The molecule has 0 radical (unpaired) electrons. The van der Waals surface area contributed by atoms with Gasteiger partial charge in [0.15, 0.2) is 5.58 Å². The number of carbonyl (C=O) groups excluding carboxylic acids is 2. The number of nitrogens with zero attached hydrogens (tertiary/aromatic N) is 3. The highest BCUT2D eigenvalue weighted by Gasteiger charge is 2.17. The summed E-state index contributed by atoms with van der Waals surface area (Å²) < 4.78 is 5.51. The van der Waals surface area contributed by atoms with Gasteiger partial charge in [0, 0.05) is 57.0 Å². The third-order valence-corrected chi connectivity index (χ3v) is 5.16. The Kier molecular flexibility index (Phi) is 6.59. The average Bonchev–Trinajstić information content (AvgIpc) is 3.24. The van der Waals surface area contributed by atoms with E-state index in [2.05, 4.69) is 37.8 Å². The maximum atomic E-state index is 12.0. The predicted octanol–water partition coefficient (Wildman–Crippen LogP) is 2.20. The lowest BCUT2D eigenvalue weighted by Gasteiger charge is -2.36. The molecule has 0 bridgehead atoms. The van der Waals surface area contributed by atoms with Crippen molar-refractivity contribution < 1.29 is 14.0 Å². The second-order valence-corrected chi connectivity index (χ2v) is 7.30. The van der Waals surface area contributed by atoms with Crippen LogP contribution < -0.4 is 15.8 Å². The summed E-state index contributed by atoms with van der Waals surface area (Å²) in [6, 6.07) is 17.7. The number of aromatic nitrogens is 1. The van der Waals surface area contributed by atoms with Gasteiger partial charge in [-0.15, -0.1) is 0 Å². The topological polar surface area (TPSA) is 90.7 Å². The number of piperazine rings is 1. The Hall–Kier alpha value is -3.65. The molecule has 2 heterocycles. The molecule has 1 aliphatic rings. The van der Waals surface area contributed by atoms with Gasteiger partial charge in [0.05, 0.1) is 0 Å². The van der Waals surface area contributed by atoms with Crippen LogP contribution in [-0.4, -0.2) is 54.4 Å². The van der Waals surface area contributed by atoms with Crippen molar-refractivity contribution in [3.8, 4) is 0 Å². The van der Waals surface area contributed by atoms with E-state index in [1.54, 1.807) is 0 Å². The lowest BCUT2D eigenvalue weighted by atomic mass is 10.2. The van der Waals surface area contributed by atoms with Crippen LogP contribution in [0, 0.1) is 0 Å². The predicted molar refractivity (Wildman–Crippen MR) is 119 cm³/mol. The largest absolute Gasteiger partial charge is 0.437 e. The van der Waals surface area contributed by atoms with Crippen LogP contribution in [0.4, 0.5) is 5.69 Å². The fraction of sp³-hybridized carbons (Fsp3) is 0.261. The summed E-state index contributed by atoms with van der Waals surface area (Å²) in [6.07, 6.45) is 3.06. The van der Waals surface area contributed by atoms with Gasteiger partial charge in [0.2, 0.25) is 11.8 Å². The zero-order valence-electron chi connectivity index (χ0n) is 17.2. The van der Waals surface area contributed by atoms with Crippen LogP contribution in [0.3, 0.4) is 0 Å². The smallest absolute Gasteiger partial charge is 0.262 e. The van der Waals surface area contributed by atoms with Gasteiger partial charge in [-0.1, -0.05) is 30.3 Å². The lowest BCUT2D eigenvalue weighted by molar-refractivity contribution is -0.127. The van der Waals surface area contributed by atoms with Crippen molar-refractivity contribution in [1.29, 1.82) is 0 Å². The molecule has 8 nitrogen and oxygen atoms in total. The van der Waals surface area contributed by atoms with Crippen molar-refractivity contribution in [1.82, 2.24) is 20.7 Å². The molecule has 1 aliphatic heterocycles. The van der Waals surface area contributed by atoms with Gasteiger partial charge in [-0.3, -0.25) is 25.3 Å². The number of fused-ring (bicyclic) bond motifs is 1. The van der Waals surface area contributed by atoms with Crippen molar-refractivity contribution in [2.24, 2.45) is 0 Å². The molecular formula is C23H25N5O3. The van der Waals surface area contributed by atoms with Crippen LogP contribution in [0.5, 0.6) is 0 Å². The van der Waals surface area contributed by atoms with Gasteiger partial charge in [-0.25, -0.2) is 4.98 Å². The number of rotatable bonds is 6. The summed E-state index contributed by atoms with van der Waals surface area (Å²) in [5.74, 6) is -0.349. The molecule has 0 aliphatic carbocycles. The highest BCUT2D eigenvalue weighted by Crippen LogP contribution is 2.16. The van der Waals surface area contributed by atoms with E-state index in [1.807, 2.05) is 42.5 Å². The molecule has 3 aromatic rings. The number of para-hydroxylation sites is 3. The third kappa shape index (κ3) is 5.70. The van der Waals surface area contributed by atoms with Crippen LogP contribution in [-0.2, 0) is 9.59 Å². The molecule has 4 rings (SSSR count). The standard InChI is InChI=1S/C23H25N5O3/c29-21(10-11-23-24-19-8-4-5-9-20(19)31-23)25-26-22(30)12-13-27-14-16-28(17-15-27)18-6-2-1-3-7-18/h1-11H,12-17H2,(H,25,29)(H,26,30)/b11-10+. The minimum absolute atomic E-state index is 0.228. The van der Waals surface area contributed by atoms with Crippen molar-refractivity contribution >= 4 is 34.7 Å². The highest BCUT2D eigenvalue weighted by atomic mass is 16.3. The zero-order chi connectivity index (χ0) is 21.5. The Morgan fingerprint density at radius 3 is 2.48 bits per heavy atom. The molecular weight excluding hydrogens is 394 g/mol. The zero-order valence-corrected chi connectivity index (χ0v) is 17.2. The molecule has 2 amide bonds. The van der Waals surface area contributed by atoms with Crippen LogP contribution >= 0.6 is 0 Å². The van der Waals surface area contributed by atoms with Crippen molar-refractivity contribution in [3.63, 3.8) is 0 Å². The van der Waals surface area contributed by atoms with E-state index in [0.717, 1.165) is 31.7 Å². The Morgan fingerprint density at radius 2 is 1.71 bits per heavy atom. The summed E-state index contributed by atoms with van der Waals surface area (Å²) in [5.41, 5.74) is 7.43. The normalized spacial score (nSPS) is 14.8. The summed E-state index contributed by atoms with van der Waals surface area (Å²) in [4.78, 5) is 32.8. The number of anilines is 1. The van der Waals surface area contributed by atoms with Crippen molar-refractivity contribution in [3.05, 3.63) is 66.6 Å². The second-order valence-electron chi connectivity index (χ2n) is 7.30. The summed E-state index contributed by atoms with van der Waals surface area (Å²) in [7, 11) is 0. The first-order valence-electron chi connectivity index (χ1n) is 10.3. The minimum Gasteiger partial charge on any atom is -0.437 e. The molecule has 0 saturated carbocycles. The number of hydrogen-bond donors (Lipinski definition) is 2. The number of nitrogens with one attached hydrogen (secondary N) is 2. The Bertz CT molecular complexity index is 1020. The molecule has 0 unspecified atom stereocenters. The second kappa shape index (κ2) is 9.90. The maximum Gasteiger partial charge on any atom is 0.262 e. The molecule has 0 atom stereocenters. The van der Waals surface area contributed by atoms with Gasteiger partial charge < -0.3 is 9.32 Å². The summed E-state index contributed by atoms with van der Waals surface area (Å²) >= 11 is 0.